The Labute approximate surface area is 140 Å². The minimum Gasteiger partial charge on any atom is -0.466 e. The molecule has 0 bridgehead atoms. The van der Waals surface area contributed by atoms with Crippen molar-refractivity contribution in [1.29, 1.82) is 0 Å². The fraction of sp³-hybridized carbons (Fsp3) is 0.412. The number of amides is 1. The van der Waals surface area contributed by atoms with E-state index in [1.165, 1.54) is 0 Å². The number of carbonyl (C=O) groups excluding carboxylic acids is 2. The van der Waals surface area contributed by atoms with E-state index in [2.05, 4.69) is 15.2 Å². The Hall–Kier alpha value is -2.70. The zero-order valence-electron chi connectivity index (χ0n) is 13.6. The largest absolute Gasteiger partial charge is 0.466 e. The quantitative estimate of drug-likeness (QED) is 0.866. The number of likely N-dealkylation sites (tertiary alicyclic amines) is 1. The Morgan fingerprint density at radius 1 is 1.29 bits per heavy atom. The molecule has 1 fully saturated rings. The maximum atomic E-state index is 12.6. The van der Waals surface area contributed by atoms with E-state index < -0.39 is 0 Å². The number of pyridine rings is 1. The number of hydrogen-bond donors (Lipinski definition) is 1. The Morgan fingerprint density at radius 3 is 2.75 bits per heavy atom. The Balaban J connectivity index is 1.62. The third kappa shape index (κ3) is 3.45. The predicted molar refractivity (Wildman–Crippen MR) is 87.1 cm³/mol. The summed E-state index contributed by atoms with van der Waals surface area (Å²) >= 11 is 0. The highest BCUT2D eigenvalue weighted by Crippen LogP contribution is 2.21. The molecule has 2 aromatic heterocycles. The highest BCUT2D eigenvalue weighted by molar-refractivity contribution is 5.93. The highest BCUT2D eigenvalue weighted by atomic mass is 16.5. The first-order valence-electron chi connectivity index (χ1n) is 8.11. The number of aromatic amines is 1. The molecule has 0 aliphatic carbocycles. The summed E-state index contributed by atoms with van der Waals surface area (Å²) in [5, 5.41) is 6.94. The van der Waals surface area contributed by atoms with E-state index in [1.807, 2.05) is 18.2 Å². The maximum absolute atomic E-state index is 12.6. The van der Waals surface area contributed by atoms with Crippen LogP contribution in [0.3, 0.4) is 0 Å². The maximum Gasteiger partial charge on any atom is 0.309 e. The van der Waals surface area contributed by atoms with Crippen molar-refractivity contribution >= 4 is 11.9 Å². The predicted octanol–water partition coefficient (Wildman–Crippen LogP) is 1.89. The van der Waals surface area contributed by atoms with Crippen molar-refractivity contribution in [2.24, 2.45) is 5.92 Å². The van der Waals surface area contributed by atoms with Crippen LogP contribution in [0.25, 0.3) is 11.4 Å². The zero-order chi connectivity index (χ0) is 16.9. The lowest BCUT2D eigenvalue weighted by Gasteiger charge is -2.30. The van der Waals surface area contributed by atoms with Crippen LogP contribution in [0.2, 0.25) is 0 Å². The molecule has 3 rings (SSSR count). The number of aromatic nitrogens is 3. The van der Waals surface area contributed by atoms with Crippen LogP contribution in [0.5, 0.6) is 0 Å². The normalized spacial score (nSPS) is 15.3. The van der Waals surface area contributed by atoms with E-state index >= 15 is 0 Å². The summed E-state index contributed by atoms with van der Waals surface area (Å²) < 4.78 is 5.05. The van der Waals surface area contributed by atoms with E-state index in [1.54, 1.807) is 24.1 Å². The molecule has 7 nitrogen and oxygen atoms in total. The number of rotatable bonds is 4. The van der Waals surface area contributed by atoms with Crippen LogP contribution < -0.4 is 0 Å². The van der Waals surface area contributed by atoms with Crippen LogP contribution >= 0.6 is 0 Å². The van der Waals surface area contributed by atoms with E-state index in [0.717, 1.165) is 0 Å². The summed E-state index contributed by atoms with van der Waals surface area (Å²) in [6, 6.07) is 7.26. The number of ether oxygens (including phenoxy) is 1. The minimum atomic E-state index is -0.163. The first-order valence-corrected chi connectivity index (χ1v) is 8.11. The van der Waals surface area contributed by atoms with Crippen LogP contribution in [-0.2, 0) is 9.53 Å². The smallest absolute Gasteiger partial charge is 0.309 e. The van der Waals surface area contributed by atoms with E-state index in [4.69, 9.17) is 4.74 Å². The molecule has 0 unspecified atom stereocenters. The van der Waals surface area contributed by atoms with Crippen molar-refractivity contribution in [3.8, 4) is 11.4 Å². The Morgan fingerprint density at radius 2 is 2.08 bits per heavy atom. The molecule has 0 saturated carbocycles. The first-order chi connectivity index (χ1) is 11.7. The average molecular weight is 328 g/mol. The van der Waals surface area contributed by atoms with Gasteiger partial charge in [0.05, 0.1) is 18.2 Å². The van der Waals surface area contributed by atoms with E-state index in [9.17, 15) is 9.59 Å². The summed E-state index contributed by atoms with van der Waals surface area (Å²) in [6.07, 6.45) is 2.95. The van der Waals surface area contributed by atoms with Gasteiger partial charge < -0.3 is 9.64 Å². The van der Waals surface area contributed by atoms with Crippen molar-refractivity contribution in [2.75, 3.05) is 19.7 Å². The lowest BCUT2D eigenvalue weighted by Crippen LogP contribution is -2.40. The zero-order valence-corrected chi connectivity index (χ0v) is 13.6. The number of nitrogens with one attached hydrogen (secondary N) is 1. The van der Waals surface area contributed by atoms with Crippen molar-refractivity contribution < 1.29 is 14.3 Å². The molecular weight excluding hydrogens is 308 g/mol. The molecule has 126 valence electrons. The summed E-state index contributed by atoms with van der Waals surface area (Å²) in [6.45, 7) is 3.27. The number of nitrogens with zero attached hydrogens (tertiary/aromatic N) is 3. The number of H-pyrrole nitrogens is 1. The standard InChI is InChI=1S/C17H20N4O3/c1-2-24-17(23)12-6-9-21(10-7-12)16(22)15-11-14(19-20-15)13-5-3-4-8-18-13/h3-5,8,11-12H,2,6-7,9-10H2,1H3,(H,19,20). The number of carbonyl (C=O) groups is 2. The summed E-state index contributed by atoms with van der Waals surface area (Å²) in [4.78, 5) is 30.3. The number of hydrogen-bond acceptors (Lipinski definition) is 5. The summed E-state index contributed by atoms with van der Waals surface area (Å²) in [7, 11) is 0. The molecule has 2 aromatic rings. The molecular formula is C17H20N4O3. The molecule has 3 heterocycles. The lowest BCUT2D eigenvalue weighted by atomic mass is 9.97. The number of esters is 1. The van der Waals surface area contributed by atoms with Gasteiger partial charge >= 0.3 is 5.97 Å². The topological polar surface area (TPSA) is 88.2 Å². The molecule has 0 aromatic carbocycles. The van der Waals surface area contributed by atoms with Gasteiger partial charge in [0.1, 0.15) is 11.4 Å². The summed E-state index contributed by atoms with van der Waals surface area (Å²) in [5.74, 6) is -0.379. The van der Waals surface area contributed by atoms with Gasteiger partial charge in [-0.3, -0.25) is 19.7 Å². The minimum absolute atomic E-state index is 0.105. The molecule has 0 spiro atoms. The summed E-state index contributed by atoms with van der Waals surface area (Å²) in [5.41, 5.74) is 1.79. The van der Waals surface area contributed by atoms with Gasteiger partial charge in [-0.2, -0.15) is 5.10 Å². The van der Waals surface area contributed by atoms with Gasteiger partial charge in [-0.15, -0.1) is 0 Å². The van der Waals surface area contributed by atoms with Gasteiger partial charge in [0.25, 0.3) is 5.91 Å². The van der Waals surface area contributed by atoms with Gasteiger partial charge in [0.15, 0.2) is 0 Å². The van der Waals surface area contributed by atoms with Crippen molar-refractivity contribution in [1.82, 2.24) is 20.1 Å². The molecule has 1 aliphatic heterocycles. The lowest BCUT2D eigenvalue weighted by molar-refractivity contribution is -0.149. The van der Waals surface area contributed by atoms with Crippen molar-refractivity contribution in [2.45, 2.75) is 19.8 Å². The van der Waals surface area contributed by atoms with E-state index in [-0.39, 0.29) is 17.8 Å². The van der Waals surface area contributed by atoms with Crippen LogP contribution in [0, 0.1) is 5.92 Å². The monoisotopic (exact) mass is 328 g/mol. The van der Waals surface area contributed by atoms with Gasteiger partial charge in [-0.1, -0.05) is 6.07 Å². The first kappa shape index (κ1) is 16.2. The molecule has 0 atom stereocenters. The van der Waals surface area contributed by atoms with Crippen molar-refractivity contribution in [3.63, 3.8) is 0 Å². The van der Waals surface area contributed by atoms with Crippen molar-refractivity contribution in [3.05, 3.63) is 36.2 Å². The van der Waals surface area contributed by atoms with Crippen LogP contribution in [0.15, 0.2) is 30.5 Å². The second-order valence-electron chi connectivity index (χ2n) is 5.70. The molecule has 1 amide bonds. The average Bonchev–Trinajstić information content (AvgIpc) is 3.12. The van der Waals surface area contributed by atoms with Gasteiger partial charge in [0.2, 0.25) is 0 Å². The molecule has 1 aliphatic rings. The Kier molecular flexibility index (Phi) is 4.88. The third-order valence-corrected chi connectivity index (χ3v) is 4.14. The molecule has 0 radical (unpaired) electrons. The molecule has 1 saturated heterocycles. The molecule has 24 heavy (non-hydrogen) atoms. The fourth-order valence-electron chi connectivity index (χ4n) is 2.83. The Bertz CT molecular complexity index is 706. The van der Waals surface area contributed by atoms with Gasteiger partial charge in [-0.05, 0) is 38.0 Å². The van der Waals surface area contributed by atoms with E-state index in [0.29, 0.717) is 49.6 Å². The molecule has 7 heteroatoms. The van der Waals surface area contributed by atoms with Crippen LogP contribution in [0.4, 0.5) is 0 Å². The second-order valence-corrected chi connectivity index (χ2v) is 5.70. The second kappa shape index (κ2) is 7.25. The fourth-order valence-corrected chi connectivity index (χ4v) is 2.83. The van der Waals surface area contributed by atoms with Gasteiger partial charge in [-0.25, -0.2) is 0 Å². The van der Waals surface area contributed by atoms with Crippen LogP contribution in [0.1, 0.15) is 30.3 Å². The molecule has 1 N–H and O–H groups in total. The number of piperidine rings is 1. The SMILES string of the molecule is CCOC(=O)C1CCN(C(=O)c2cc(-c3ccccn3)n[nH]2)CC1. The third-order valence-electron chi connectivity index (χ3n) is 4.14. The highest BCUT2D eigenvalue weighted by Gasteiger charge is 2.29. The van der Waals surface area contributed by atoms with Gasteiger partial charge in [0, 0.05) is 19.3 Å². The van der Waals surface area contributed by atoms with Crippen LogP contribution in [-0.4, -0.2) is 51.7 Å².